The zero-order valence-electron chi connectivity index (χ0n) is 10.2. The van der Waals surface area contributed by atoms with E-state index in [1.807, 2.05) is 12.1 Å². The van der Waals surface area contributed by atoms with Crippen molar-refractivity contribution in [3.63, 3.8) is 0 Å². The minimum atomic E-state index is -0.579. The van der Waals surface area contributed by atoms with Gasteiger partial charge in [0.05, 0.1) is 16.8 Å². The summed E-state index contributed by atoms with van der Waals surface area (Å²) in [5.41, 5.74) is 6.50. The Hall–Kier alpha value is -1.41. The van der Waals surface area contributed by atoms with Gasteiger partial charge in [-0.1, -0.05) is 28.1 Å². The number of hydrogen-bond donors (Lipinski definition) is 2. The van der Waals surface area contributed by atoms with Gasteiger partial charge in [0.15, 0.2) is 0 Å². The lowest BCUT2D eigenvalue weighted by atomic mass is 10.1. The standard InChI is InChI=1S/C14H10BrIN2O2/c15-8-5-6-11(16)10(7-8)14(20)18-12-4-2-1-3-9(12)13(17)19/h1-7H,(H2,17,19)(H,18,20). The average molecular weight is 445 g/mol. The minimum absolute atomic E-state index is 0.283. The molecule has 0 unspecified atom stereocenters. The molecular formula is C14H10BrIN2O2. The Kier molecular flexibility index (Phi) is 4.77. The van der Waals surface area contributed by atoms with Crippen molar-refractivity contribution >= 4 is 56.0 Å². The fourth-order valence-corrected chi connectivity index (χ4v) is 2.61. The predicted molar refractivity (Wildman–Crippen MR) is 89.8 cm³/mol. The molecule has 0 fully saturated rings. The van der Waals surface area contributed by atoms with E-state index in [0.717, 1.165) is 8.04 Å². The van der Waals surface area contributed by atoms with Crippen molar-refractivity contribution in [1.82, 2.24) is 0 Å². The number of halogens is 2. The van der Waals surface area contributed by atoms with E-state index in [4.69, 9.17) is 5.73 Å². The third kappa shape index (κ3) is 3.37. The highest BCUT2D eigenvalue weighted by atomic mass is 127. The van der Waals surface area contributed by atoms with Gasteiger partial charge in [-0.15, -0.1) is 0 Å². The van der Waals surface area contributed by atoms with Gasteiger partial charge in [0.2, 0.25) is 0 Å². The molecular weight excluding hydrogens is 435 g/mol. The van der Waals surface area contributed by atoms with Crippen LogP contribution in [0.15, 0.2) is 46.9 Å². The van der Waals surface area contributed by atoms with Gasteiger partial charge in [0, 0.05) is 8.04 Å². The summed E-state index contributed by atoms with van der Waals surface area (Å²) in [7, 11) is 0. The van der Waals surface area contributed by atoms with Gasteiger partial charge in [0.1, 0.15) is 0 Å². The summed E-state index contributed by atoms with van der Waals surface area (Å²) in [6.45, 7) is 0. The first-order valence-electron chi connectivity index (χ1n) is 5.64. The quantitative estimate of drug-likeness (QED) is 0.712. The molecule has 0 atom stereocenters. The second-order valence-electron chi connectivity index (χ2n) is 3.99. The van der Waals surface area contributed by atoms with E-state index in [2.05, 4.69) is 43.8 Å². The fraction of sp³-hybridized carbons (Fsp3) is 0. The predicted octanol–water partition coefficient (Wildman–Crippen LogP) is 3.40. The largest absolute Gasteiger partial charge is 0.366 e. The number of anilines is 1. The van der Waals surface area contributed by atoms with Crippen molar-refractivity contribution in [3.05, 3.63) is 61.6 Å². The second-order valence-corrected chi connectivity index (χ2v) is 6.07. The molecule has 6 heteroatoms. The van der Waals surface area contributed by atoms with Gasteiger partial charge in [0.25, 0.3) is 11.8 Å². The molecule has 0 saturated heterocycles. The van der Waals surface area contributed by atoms with Crippen LogP contribution in [-0.2, 0) is 0 Å². The van der Waals surface area contributed by atoms with Gasteiger partial charge in [-0.05, 0) is 52.9 Å². The van der Waals surface area contributed by atoms with E-state index in [0.29, 0.717) is 11.3 Å². The van der Waals surface area contributed by atoms with Crippen LogP contribution >= 0.6 is 38.5 Å². The molecule has 2 rings (SSSR count). The van der Waals surface area contributed by atoms with Crippen LogP contribution in [0.5, 0.6) is 0 Å². The van der Waals surface area contributed by atoms with E-state index in [1.54, 1.807) is 30.3 Å². The average Bonchev–Trinajstić information content (AvgIpc) is 2.41. The molecule has 2 amide bonds. The Labute approximate surface area is 138 Å². The molecule has 0 bridgehead atoms. The van der Waals surface area contributed by atoms with E-state index in [-0.39, 0.29) is 11.5 Å². The van der Waals surface area contributed by atoms with Gasteiger partial charge in [-0.2, -0.15) is 0 Å². The second kappa shape index (κ2) is 6.36. The molecule has 0 spiro atoms. The van der Waals surface area contributed by atoms with Crippen LogP contribution < -0.4 is 11.1 Å². The number of nitrogens with one attached hydrogen (secondary N) is 1. The first-order valence-corrected chi connectivity index (χ1v) is 7.51. The molecule has 3 N–H and O–H groups in total. The third-order valence-electron chi connectivity index (χ3n) is 2.61. The van der Waals surface area contributed by atoms with Crippen molar-refractivity contribution in [2.75, 3.05) is 5.32 Å². The maximum atomic E-state index is 12.3. The number of para-hydroxylation sites is 1. The summed E-state index contributed by atoms with van der Waals surface area (Å²) in [4.78, 5) is 23.6. The Morgan fingerprint density at radius 3 is 2.50 bits per heavy atom. The highest BCUT2D eigenvalue weighted by Gasteiger charge is 2.14. The lowest BCUT2D eigenvalue weighted by molar-refractivity contribution is 0.100. The number of benzene rings is 2. The molecule has 2 aromatic rings. The zero-order valence-corrected chi connectivity index (χ0v) is 13.9. The Bertz CT molecular complexity index is 689. The molecule has 0 heterocycles. The van der Waals surface area contributed by atoms with Crippen LogP contribution in [0.3, 0.4) is 0 Å². The highest BCUT2D eigenvalue weighted by Crippen LogP contribution is 2.21. The maximum Gasteiger partial charge on any atom is 0.256 e. The highest BCUT2D eigenvalue weighted by molar-refractivity contribution is 14.1. The van der Waals surface area contributed by atoms with Gasteiger partial charge < -0.3 is 11.1 Å². The molecule has 0 aliphatic heterocycles. The lowest BCUT2D eigenvalue weighted by Gasteiger charge is -2.10. The summed E-state index contributed by atoms with van der Waals surface area (Å²) < 4.78 is 1.63. The van der Waals surface area contributed by atoms with Gasteiger partial charge in [-0.3, -0.25) is 9.59 Å². The summed E-state index contributed by atoms with van der Waals surface area (Å²) >= 11 is 5.41. The molecule has 0 saturated carbocycles. The smallest absolute Gasteiger partial charge is 0.256 e. The molecule has 0 aliphatic carbocycles. The van der Waals surface area contributed by atoms with Gasteiger partial charge in [-0.25, -0.2) is 0 Å². The SMILES string of the molecule is NC(=O)c1ccccc1NC(=O)c1cc(Br)ccc1I. The summed E-state index contributed by atoms with van der Waals surface area (Å²) in [6, 6.07) is 12.1. The summed E-state index contributed by atoms with van der Waals surface area (Å²) in [6.07, 6.45) is 0. The van der Waals surface area contributed by atoms with Gasteiger partial charge >= 0.3 is 0 Å². The Balaban J connectivity index is 2.33. The van der Waals surface area contributed by atoms with Crippen LogP contribution in [0.25, 0.3) is 0 Å². The molecule has 4 nitrogen and oxygen atoms in total. The van der Waals surface area contributed by atoms with Crippen LogP contribution in [0.2, 0.25) is 0 Å². The number of carbonyl (C=O) groups is 2. The van der Waals surface area contributed by atoms with Crippen LogP contribution in [0, 0.1) is 3.57 Å². The van der Waals surface area contributed by atoms with Crippen molar-refractivity contribution < 1.29 is 9.59 Å². The normalized spacial score (nSPS) is 10.1. The summed E-state index contributed by atoms with van der Waals surface area (Å²) in [5.74, 6) is -0.866. The minimum Gasteiger partial charge on any atom is -0.366 e. The molecule has 0 aliphatic rings. The number of nitrogens with two attached hydrogens (primary N) is 1. The Morgan fingerprint density at radius 1 is 1.10 bits per heavy atom. The van der Waals surface area contributed by atoms with E-state index in [9.17, 15) is 9.59 Å². The number of rotatable bonds is 3. The number of carbonyl (C=O) groups excluding carboxylic acids is 2. The molecule has 20 heavy (non-hydrogen) atoms. The molecule has 0 aromatic heterocycles. The van der Waals surface area contributed by atoms with Crippen LogP contribution in [0.4, 0.5) is 5.69 Å². The number of primary amides is 1. The molecule has 0 radical (unpaired) electrons. The van der Waals surface area contributed by atoms with Crippen molar-refractivity contribution in [2.24, 2.45) is 5.73 Å². The van der Waals surface area contributed by atoms with Crippen LogP contribution in [-0.4, -0.2) is 11.8 Å². The van der Waals surface area contributed by atoms with Crippen molar-refractivity contribution in [1.29, 1.82) is 0 Å². The Morgan fingerprint density at radius 2 is 1.80 bits per heavy atom. The summed E-state index contributed by atoms with van der Waals surface area (Å²) in [5, 5.41) is 2.71. The lowest BCUT2D eigenvalue weighted by Crippen LogP contribution is -2.18. The maximum absolute atomic E-state index is 12.3. The fourth-order valence-electron chi connectivity index (χ4n) is 1.67. The molecule has 102 valence electrons. The van der Waals surface area contributed by atoms with Crippen LogP contribution in [0.1, 0.15) is 20.7 Å². The first-order chi connectivity index (χ1) is 9.49. The zero-order chi connectivity index (χ0) is 14.7. The van der Waals surface area contributed by atoms with E-state index >= 15 is 0 Å². The number of amides is 2. The first kappa shape index (κ1) is 15.0. The number of hydrogen-bond acceptors (Lipinski definition) is 2. The third-order valence-corrected chi connectivity index (χ3v) is 4.05. The molecule has 2 aromatic carbocycles. The van der Waals surface area contributed by atoms with E-state index < -0.39 is 5.91 Å². The van der Waals surface area contributed by atoms with E-state index in [1.165, 1.54) is 0 Å². The topological polar surface area (TPSA) is 72.2 Å². The van der Waals surface area contributed by atoms with Crippen molar-refractivity contribution in [2.45, 2.75) is 0 Å². The monoisotopic (exact) mass is 444 g/mol. The van der Waals surface area contributed by atoms with Crippen molar-refractivity contribution in [3.8, 4) is 0 Å².